The van der Waals surface area contributed by atoms with Crippen LogP contribution >= 0.6 is 12.2 Å². The minimum absolute atomic E-state index is 0.0151. The van der Waals surface area contributed by atoms with Crippen molar-refractivity contribution < 1.29 is 14.4 Å². The molecule has 0 radical (unpaired) electrons. The molecule has 0 unspecified atom stereocenters. The lowest BCUT2D eigenvalue weighted by Crippen LogP contribution is -2.09. The van der Waals surface area contributed by atoms with Gasteiger partial charge in [0.15, 0.2) is 0 Å². The van der Waals surface area contributed by atoms with Gasteiger partial charge in [-0.2, -0.15) is 0 Å². The molecule has 3 rings (SSSR count). The molecule has 3 aromatic rings. The number of nitrogens with zero attached hydrogens (tertiary/aromatic N) is 3. The monoisotopic (exact) mass is 344 g/mol. The van der Waals surface area contributed by atoms with Crippen LogP contribution in [0.5, 0.6) is 5.75 Å². The maximum atomic E-state index is 10.8. The Bertz CT molecular complexity index is 950. The molecule has 24 heavy (non-hydrogen) atoms. The predicted octanol–water partition coefficient (Wildman–Crippen LogP) is 3.56. The lowest BCUT2D eigenvalue weighted by molar-refractivity contribution is -0.384. The summed E-state index contributed by atoms with van der Waals surface area (Å²) in [5, 5.41) is 27.8. The van der Waals surface area contributed by atoms with E-state index in [1.165, 1.54) is 22.9 Å². The van der Waals surface area contributed by atoms with Crippen LogP contribution in [0.4, 0.5) is 11.4 Å². The molecule has 0 bridgehead atoms. The third-order valence-electron chi connectivity index (χ3n) is 3.23. The van der Waals surface area contributed by atoms with E-state index in [1.807, 2.05) is 0 Å². The predicted molar refractivity (Wildman–Crippen MR) is 89.1 cm³/mol. The van der Waals surface area contributed by atoms with Crippen molar-refractivity contribution in [1.29, 1.82) is 0 Å². The van der Waals surface area contributed by atoms with Crippen LogP contribution < -0.4 is 5.32 Å². The van der Waals surface area contributed by atoms with Crippen LogP contribution in [-0.4, -0.2) is 19.8 Å². The van der Waals surface area contributed by atoms with E-state index in [1.54, 1.807) is 30.3 Å². The lowest BCUT2D eigenvalue weighted by atomic mass is 10.2. The number of nitro benzene ring substituents is 1. The minimum Gasteiger partial charge on any atom is -0.507 e. The Balaban J connectivity index is 1.80. The van der Waals surface area contributed by atoms with Crippen LogP contribution in [0.1, 0.15) is 0 Å². The fourth-order valence-corrected chi connectivity index (χ4v) is 2.25. The Kier molecular flexibility index (Phi) is 4.25. The third kappa shape index (κ3) is 3.25. The molecule has 0 fully saturated rings. The molecule has 0 atom stereocenters. The van der Waals surface area contributed by atoms with Crippen molar-refractivity contribution >= 4 is 23.6 Å². The number of nitro groups is 1. The third-order valence-corrected chi connectivity index (χ3v) is 3.52. The number of hydrogen-bond donors (Lipinski definition) is 2. The molecule has 9 heteroatoms. The standard InChI is InChI=1S/C15H12N4O4S/c20-13-7-2-1-6-12(13)14-17-18(15(24)23-14)9-16-10-4-3-5-11(8-10)19(21)22/h1-8,16,20H,9H2. The number of benzene rings is 2. The molecule has 0 saturated heterocycles. The maximum Gasteiger partial charge on any atom is 0.289 e. The Morgan fingerprint density at radius 2 is 2.08 bits per heavy atom. The van der Waals surface area contributed by atoms with Gasteiger partial charge in [-0.1, -0.05) is 18.2 Å². The second-order valence-corrected chi connectivity index (χ2v) is 5.18. The molecule has 8 nitrogen and oxygen atoms in total. The maximum absolute atomic E-state index is 10.8. The van der Waals surface area contributed by atoms with Gasteiger partial charge in [-0.25, -0.2) is 4.68 Å². The highest BCUT2D eigenvalue weighted by molar-refractivity contribution is 7.71. The Hall–Kier alpha value is -3.20. The SMILES string of the molecule is O=[N+]([O-])c1cccc(NCn2nc(-c3ccccc3O)oc2=S)c1. The fourth-order valence-electron chi connectivity index (χ4n) is 2.07. The molecular weight excluding hydrogens is 332 g/mol. The molecule has 0 spiro atoms. The largest absolute Gasteiger partial charge is 0.507 e. The highest BCUT2D eigenvalue weighted by atomic mass is 32.1. The highest BCUT2D eigenvalue weighted by Crippen LogP contribution is 2.27. The van der Waals surface area contributed by atoms with Crippen LogP contribution in [0.25, 0.3) is 11.5 Å². The molecule has 2 N–H and O–H groups in total. The molecule has 1 heterocycles. The number of para-hydroxylation sites is 1. The molecule has 0 aliphatic heterocycles. The van der Waals surface area contributed by atoms with Crippen molar-refractivity contribution in [2.45, 2.75) is 6.67 Å². The Labute approximate surface area is 141 Å². The van der Waals surface area contributed by atoms with Gasteiger partial charge in [0.25, 0.3) is 16.4 Å². The number of nitrogens with one attached hydrogen (secondary N) is 1. The number of aromatic nitrogens is 2. The van der Waals surface area contributed by atoms with E-state index < -0.39 is 4.92 Å². The average Bonchev–Trinajstić information content (AvgIpc) is 2.94. The summed E-state index contributed by atoms with van der Waals surface area (Å²) < 4.78 is 6.78. The number of aromatic hydroxyl groups is 1. The van der Waals surface area contributed by atoms with Crippen LogP contribution in [-0.2, 0) is 6.67 Å². The summed E-state index contributed by atoms with van der Waals surface area (Å²) in [6.07, 6.45) is 0. The van der Waals surface area contributed by atoms with Gasteiger partial charge in [-0.3, -0.25) is 10.1 Å². The first-order valence-corrected chi connectivity index (χ1v) is 7.30. The second-order valence-electron chi connectivity index (χ2n) is 4.83. The van der Waals surface area contributed by atoms with Gasteiger partial charge in [0.05, 0.1) is 10.5 Å². The lowest BCUT2D eigenvalue weighted by Gasteiger charge is -2.05. The topological polar surface area (TPSA) is 106 Å². The van der Waals surface area contributed by atoms with Crippen molar-refractivity contribution in [2.24, 2.45) is 0 Å². The van der Waals surface area contributed by atoms with E-state index in [0.29, 0.717) is 11.3 Å². The van der Waals surface area contributed by atoms with E-state index in [2.05, 4.69) is 10.4 Å². The van der Waals surface area contributed by atoms with E-state index in [-0.39, 0.29) is 28.8 Å². The number of rotatable bonds is 5. The van der Waals surface area contributed by atoms with Crippen molar-refractivity contribution in [1.82, 2.24) is 9.78 Å². The zero-order chi connectivity index (χ0) is 17.1. The van der Waals surface area contributed by atoms with E-state index in [9.17, 15) is 15.2 Å². The van der Waals surface area contributed by atoms with Gasteiger partial charge in [0, 0.05) is 17.8 Å². The minimum atomic E-state index is -0.469. The second kappa shape index (κ2) is 6.50. The van der Waals surface area contributed by atoms with Crippen LogP contribution in [0, 0.1) is 15.0 Å². The molecule has 0 amide bonds. The molecule has 2 aromatic carbocycles. The highest BCUT2D eigenvalue weighted by Gasteiger charge is 2.12. The quantitative estimate of drug-likeness (QED) is 0.414. The normalized spacial score (nSPS) is 10.5. The molecule has 0 aliphatic carbocycles. The zero-order valence-corrected chi connectivity index (χ0v) is 13.1. The molecule has 122 valence electrons. The summed E-state index contributed by atoms with van der Waals surface area (Å²) in [6.45, 7) is 0.164. The average molecular weight is 344 g/mol. The Morgan fingerprint density at radius 3 is 2.83 bits per heavy atom. The van der Waals surface area contributed by atoms with Crippen molar-refractivity contribution in [3.63, 3.8) is 0 Å². The summed E-state index contributed by atoms with van der Waals surface area (Å²) in [6, 6.07) is 12.7. The van der Waals surface area contributed by atoms with Crippen LogP contribution in [0.3, 0.4) is 0 Å². The van der Waals surface area contributed by atoms with Gasteiger partial charge in [0.1, 0.15) is 12.4 Å². The smallest absolute Gasteiger partial charge is 0.289 e. The van der Waals surface area contributed by atoms with E-state index >= 15 is 0 Å². The first kappa shape index (κ1) is 15.7. The van der Waals surface area contributed by atoms with Gasteiger partial charge >= 0.3 is 0 Å². The summed E-state index contributed by atoms with van der Waals surface area (Å²) in [5.41, 5.74) is 0.967. The Morgan fingerprint density at radius 1 is 1.29 bits per heavy atom. The van der Waals surface area contributed by atoms with Crippen molar-refractivity contribution in [3.8, 4) is 17.2 Å². The number of non-ortho nitro benzene ring substituents is 1. The summed E-state index contributed by atoms with van der Waals surface area (Å²) in [7, 11) is 0. The molecule has 0 saturated carbocycles. The molecule has 0 aliphatic rings. The van der Waals surface area contributed by atoms with Crippen LogP contribution in [0.2, 0.25) is 0 Å². The van der Waals surface area contributed by atoms with Crippen LogP contribution in [0.15, 0.2) is 52.9 Å². The number of phenolic OH excluding ortho intramolecular Hbond substituents is 1. The summed E-state index contributed by atoms with van der Waals surface area (Å²) >= 11 is 5.10. The summed E-state index contributed by atoms with van der Waals surface area (Å²) in [4.78, 5) is 10.4. The van der Waals surface area contributed by atoms with Gasteiger partial charge in [0.2, 0.25) is 0 Å². The number of anilines is 1. The van der Waals surface area contributed by atoms with Gasteiger partial charge < -0.3 is 14.8 Å². The van der Waals surface area contributed by atoms with E-state index in [0.717, 1.165) is 0 Å². The van der Waals surface area contributed by atoms with Gasteiger partial charge in [-0.05, 0) is 30.4 Å². The molecule has 1 aromatic heterocycles. The number of phenols is 1. The summed E-state index contributed by atoms with van der Waals surface area (Å²) in [5.74, 6) is 0.228. The van der Waals surface area contributed by atoms with Gasteiger partial charge in [-0.15, -0.1) is 5.10 Å². The zero-order valence-electron chi connectivity index (χ0n) is 12.2. The van der Waals surface area contributed by atoms with E-state index in [4.69, 9.17) is 16.6 Å². The number of hydrogen-bond acceptors (Lipinski definition) is 7. The fraction of sp³-hybridized carbons (Fsp3) is 0.0667. The van der Waals surface area contributed by atoms with Crippen molar-refractivity contribution in [3.05, 3.63) is 63.5 Å². The first-order valence-electron chi connectivity index (χ1n) is 6.89. The van der Waals surface area contributed by atoms with Crippen molar-refractivity contribution in [2.75, 3.05) is 5.32 Å². The first-order chi connectivity index (χ1) is 11.5. The molecular formula is C15H12N4O4S.